The summed E-state index contributed by atoms with van der Waals surface area (Å²) < 4.78 is 0.401. The van der Waals surface area contributed by atoms with Gasteiger partial charge in [0.25, 0.3) is 5.91 Å². The summed E-state index contributed by atoms with van der Waals surface area (Å²) in [5.41, 5.74) is 3.34. The van der Waals surface area contributed by atoms with Gasteiger partial charge in [0.1, 0.15) is 4.64 Å². The average Bonchev–Trinajstić information content (AvgIpc) is 3.13. The highest BCUT2D eigenvalue weighted by Crippen LogP contribution is 2.38. The highest BCUT2D eigenvalue weighted by molar-refractivity contribution is 7.71. The molecule has 0 spiro atoms. The Morgan fingerprint density at radius 1 is 0.926 bits per heavy atom. The summed E-state index contributed by atoms with van der Waals surface area (Å²) in [4.78, 5) is 21.2. The molecule has 132 valence electrons. The van der Waals surface area contributed by atoms with Crippen LogP contribution in [-0.2, 0) is 0 Å². The molecule has 0 radical (unpaired) electrons. The molecule has 2 aromatic carbocycles. The predicted octanol–water partition coefficient (Wildman–Crippen LogP) is 5.79. The number of thiazole rings is 1. The van der Waals surface area contributed by atoms with E-state index in [4.69, 9.17) is 17.2 Å². The fourth-order valence-corrected chi connectivity index (χ4v) is 3.93. The lowest BCUT2D eigenvalue weighted by Gasteiger charge is -2.02. The van der Waals surface area contributed by atoms with Gasteiger partial charge in [-0.1, -0.05) is 84.2 Å². The molecular formula is C21H15N3OS2. The molecule has 4 nitrogen and oxygen atoms in total. The van der Waals surface area contributed by atoms with E-state index in [2.05, 4.69) is 10.3 Å². The topological polar surface area (TPSA) is 57.8 Å². The van der Waals surface area contributed by atoms with E-state index in [1.165, 1.54) is 11.3 Å². The number of nitrogens with one attached hydrogen (secondary N) is 2. The molecule has 0 saturated carbocycles. The van der Waals surface area contributed by atoms with Crippen molar-refractivity contribution >= 4 is 34.6 Å². The number of rotatable bonds is 4. The van der Waals surface area contributed by atoms with Crippen molar-refractivity contribution in [1.29, 1.82) is 0 Å². The third-order valence-corrected chi connectivity index (χ3v) is 5.35. The van der Waals surface area contributed by atoms with Crippen LogP contribution in [0.1, 0.15) is 10.4 Å². The number of H-pyrrole nitrogens is 1. The zero-order valence-electron chi connectivity index (χ0n) is 14.2. The molecule has 1 amide bonds. The van der Waals surface area contributed by atoms with Crippen molar-refractivity contribution in [3.8, 4) is 21.7 Å². The Bertz CT molecular complexity index is 1080. The molecule has 0 atom stereocenters. The fourth-order valence-electron chi connectivity index (χ4n) is 2.72. The lowest BCUT2D eigenvalue weighted by molar-refractivity contribution is 0.102. The molecule has 6 heteroatoms. The Labute approximate surface area is 165 Å². The van der Waals surface area contributed by atoms with E-state index in [-0.39, 0.29) is 5.91 Å². The Morgan fingerprint density at radius 2 is 1.59 bits per heavy atom. The number of nitrogens with zero attached hydrogens (tertiary/aromatic N) is 1. The molecule has 0 aliphatic heterocycles. The van der Waals surface area contributed by atoms with Crippen molar-refractivity contribution in [3.63, 3.8) is 0 Å². The molecule has 0 bridgehead atoms. The second-order valence-electron chi connectivity index (χ2n) is 5.80. The minimum absolute atomic E-state index is 0.273. The van der Waals surface area contributed by atoms with Gasteiger partial charge in [0.2, 0.25) is 0 Å². The molecule has 2 aromatic heterocycles. The maximum Gasteiger partial charge on any atom is 0.260 e. The van der Waals surface area contributed by atoms with E-state index in [9.17, 15) is 4.79 Å². The summed E-state index contributed by atoms with van der Waals surface area (Å²) in [5, 5.41) is 3.42. The Hall–Kier alpha value is -3.09. The van der Waals surface area contributed by atoms with Crippen LogP contribution >= 0.6 is 23.6 Å². The van der Waals surface area contributed by atoms with Gasteiger partial charge in [0, 0.05) is 11.8 Å². The zero-order chi connectivity index (χ0) is 18.6. The van der Waals surface area contributed by atoms with Gasteiger partial charge in [0.05, 0.1) is 16.1 Å². The van der Waals surface area contributed by atoms with Gasteiger partial charge >= 0.3 is 0 Å². The SMILES string of the molecule is O=C(Nc1nc(-c2ccccc2)c(-c2ccccc2)s1)c1ccc[nH]c1=S. The summed E-state index contributed by atoms with van der Waals surface area (Å²) in [5.74, 6) is -0.273. The first-order valence-electron chi connectivity index (χ1n) is 8.33. The van der Waals surface area contributed by atoms with Crippen molar-refractivity contribution < 1.29 is 4.79 Å². The van der Waals surface area contributed by atoms with Crippen LogP contribution in [0.15, 0.2) is 79.0 Å². The van der Waals surface area contributed by atoms with Crippen LogP contribution < -0.4 is 5.32 Å². The van der Waals surface area contributed by atoms with Crippen LogP contribution in [0.4, 0.5) is 5.13 Å². The lowest BCUT2D eigenvalue weighted by atomic mass is 10.1. The van der Waals surface area contributed by atoms with Crippen molar-refractivity contribution in [2.75, 3.05) is 5.32 Å². The number of benzene rings is 2. The third-order valence-electron chi connectivity index (χ3n) is 3.99. The largest absolute Gasteiger partial charge is 0.352 e. The molecule has 0 aliphatic carbocycles. The van der Waals surface area contributed by atoms with Crippen molar-refractivity contribution in [1.82, 2.24) is 9.97 Å². The number of amides is 1. The average molecular weight is 390 g/mol. The van der Waals surface area contributed by atoms with Crippen LogP contribution in [-0.4, -0.2) is 15.9 Å². The highest BCUT2D eigenvalue weighted by Gasteiger charge is 2.17. The van der Waals surface area contributed by atoms with Gasteiger partial charge in [-0.15, -0.1) is 0 Å². The molecule has 4 aromatic rings. The molecule has 2 N–H and O–H groups in total. The number of anilines is 1. The Balaban J connectivity index is 1.75. The standard InChI is InChI=1S/C21H15N3OS2/c25-19(16-12-7-13-22-20(16)26)24-21-23-17(14-8-3-1-4-9-14)18(27-21)15-10-5-2-6-11-15/h1-13H,(H,22,26)(H,23,24,25). The van der Waals surface area contributed by atoms with E-state index in [0.717, 1.165) is 21.7 Å². The highest BCUT2D eigenvalue weighted by atomic mass is 32.1. The Morgan fingerprint density at radius 3 is 2.26 bits per heavy atom. The van der Waals surface area contributed by atoms with Crippen molar-refractivity contribution in [3.05, 3.63) is 89.2 Å². The maximum atomic E-state index is 12.6. The van der Waals surface area contributed by atoms with E-state index in [1.54, 1.807) is 18.3 Å². The number of aromatic nitrogens is 2. The van der Waals surface area contributed by atoms with E-state index >= 15 is 0 Å². The molecule has 4 rings (SSSR count). The lowest BCUT2D eigenvalue weighted by Crippen LogP contribution is -2.12. The molecule has 2 heterocycles. The van der Waals surface area contributed by atoms with Gasteiger partial charge in [-0.25, -0.2) is 4.98 Å². The minimum atomic E-state index is -0.273. The third kappa shape index (κ3) is 3.72. The summed E-state index contributed by atoms with van der Waals surface area (Å²) in [6.45, 7) is 0. The second kappa shape index (κ2) is 7.65. The van der Waals surface area contributed by atoms with Crippen LogP contribution in [0.2, 0.25) is 0 Å². The van der Waals surface area contributed by atoms with E-state index < -0.39 is 0 Å². The van der Waals surface area contributed by atoms with Crippen LogP contribution in [0.3, 0.4) is 0 Å². The van der Waals surface area contributed by atoms with Gasteiger partial charge in [0.15, 0.2) is 5.13 Å². The molecular weight excluding hydrogens is 374 g/mol. The Kier molecular flexibility index (Phi) is 4.91. The number of carbonyl (C=O) groups is 1. The summed E-state index contributed by atoms with van der Waals surface area (Å²) in [6, 6.07) is 23.4. The predicted molar refractivity (Wildman–Crippen MR) is 113 cm³/mol. The number of hydrogen-bond acceptors (Lipinski definition) is 4. The van der Waals surface area contributed by atoms with E-state index in [1.807, 2.05) is 60.7 Å². The molecule has 0 unspecified atom stereocenters. The van der Waals surface area contributed by atoms with Gasteiger partial charge in [-0.05, 0) is 17.7 Å². The monoisotopic (exact) mass is 389 g/mol. The van der Waals surface area contributed by atoms with Crippen LogP contribution in [0, 0.1) is 4.64 Å². The first-order chi connectivity index (χ1) is 13.2. The second-order valence-corrected chi connectivity index (χ2v) is 7.20. The van der Waals surface area contributed by atoms with Crippen molar-refractivity contribution in [2.45, 2.75) is 0 Å². The molecule has 27 heavy (non-hydrogen) atoms. The first kappa shape index (κ1) is 17.3. The van der Waals surface area contributed by atoms with E-state index in [0.29, 0.717) is 15.3 Å². The number of pyridine rings is 1. The maximum absolute atomic E-state index is 12.6. The number of hydrogen-bond donors (Lipinski definition) is 2. The molecule has 0 aliphatic rings. The smallest absolute Gasteiger partial charge is 0.260 e. The fraction of sp³-hybridized carbons (Fsp3) is 0. The normalized spacial score (nSPS) is 10.5. The first-order valence-corrected chi connectivity index (χ1v) is 9.55. The number of carbonyl (C=O) groups excluding carboxylic acids is 1. The summed E-state index contributed by atoms with van der Waals surface area (Å²) in [6.07, 6.45) is 1.70. The van der Waals surface area contributed by atoms with Crippen LogP contribution in [0.5, 0.6) is 0 Å². The van der Waals surface area contributed by atoms with Gasteiger partial charge in [-0.3, -0.25) is 10.1 Å². The van der Waals surface area contributed by atoms with Crippen LogP contribution in [0.25, 0.3) is 21.7 Å². The molecule has 0 saturated heterocycles. The van der Waals surface area contributed by atoms with Crippen molar-refractivity contribution in [2.24, 2.45) is 0 Å². The molecule has 0 fully saturated rings. The van der Waals surface area contributed by atoms with Gasteiger partial charge < -0.3 is 4.98 Å². The summed E-state index contributed by atoms with van der Waals surface area (Å²) in [7, 11) is 0. The quantitative estimate of drug-likeness (QED) is 0.435. The summed E-state index contributed by atoms with van der Waals surface area (Å²) >= 11 is 6.64. The van der Waals surface area contributed by atoms with Gasteiger partial charge in [-0.2, -0.15) is 0 Å². The minimum Gasteiger partial charge on any atom is -0.352 e. The zero-order valence-corrected chi connectivity index (χ0v) is 15.8. The number of aromatic amines is 1.